The fourth-order valence-electron chi connectivity index (χ4n) is 2.91. The van der Waals surface area contributed by atoms with Crippen LogP contribution in [0.2, 0.25) is 0 Å². The normalized spacial score (nSPS) is 12.0. The van der Waals surface area contributed by atoms with Crippen molar-refractivity contribution in [3.8, 4) is 0 Å². The van der Waals surface area contributed by atoms with E-state index in [1.807, 2.05) is 0 Å². The predicted octanol–water partition coefficient (Wildman–Crippen LogP) is 6.74. The van der Waals surface area contributed by atoms with Crippen LogP contribution in [-0.4, -0.2) is 4.98 Å². The van der Waals surface area contributed by atoms with E-state index in [-0.39, 0.29) is 0 Å². The molecule has 0 saturated heterocycles. The van der Waals surface area contributed by atoms with E-state index in [2.05, 4.69) is 86.7 Å². The van der Waals surface area contributed by atoms with E-state index in [4.69, 9.17) is 4.98 Å². The summed E-state index contributed by atoms with van der Waals surface area (Å²) in [4.78, 5) is 4.83. The third-order valence-corrected chi connectivity index (χ3v) is 5.31. The number of thiazole rings is 1. The Morgan fingerprint density at radius 1 is 0.875 bits per heavy atom. The van der Waals surface area contributed by atoms with Crippen LogP contribution in [0.3, 0.4) is 0 Å². The van der Waals surface area contributed by atoms with E-state index in [1.54, 1.807) is 11.3 Å². The Kier molecular flexibility index (Phi) is 3.91. The summed E-state index contributed by atoms with van der Waals surface area (Å²) in [7, 11) is 0. The van der Waals surface area contributed by atoms with Crippen LogP contribution in [0.1, 0.15) is 35.9 Å². The molecule has 0 radical (unpaired) electrons. The summed E-state index contributed by atoms with van der Waals surface area (Å²) in [6.07, 6.45) is 4.26. The molecule has 2 heteroatoms. The predicted molar refractivity (Wildman–Crippen MR) is 107 cm³/mol. The van der Waals surface area contributed by atoms with Crippen LogP contribution in [0, 0.1) is 0 Å². The quantitative estimate of drug-likeness (QED) is 0.405. The number of rotatable bonds is 3. The zero-order chi connectivity index (χ0) is 16.5. The lowest BCUT2D eigenvalue weighted by atomic mass is 10.0. The minimum Gasteiger partial charge on any atom is -0.236 e. The average Bonchev–Trinajstić information content (AvgIpc) is 3.04. The van der Waals surface area contributed by atoms with Gasteiger partial charge in [-0.05, 0) is 34.6 Å². The third kappa shape index (κ3) is 2.85. The van der Waals surface area contributed by atoms with Crippen molar-refractivity contribution in [3.05, 3.63) is 76.8 Å². The van der Waals surface area contributed by atoms with Gasteiger partial charge in [0.15, 0.2) is 0 Å². The highest BCUT2D eigenvalue weighted by Crippen LogP contribution is 2.30. The Labute approximate surface area is 146 Å². The highest BCUT2D eigenvalue weighted by molar-refractivity contribution is 7.19. The van der Waals surface area contributed by atoms with Crippen LogP contribution in [0.4, 0.5) is 0 Å². The van der Waals surface area contributed by atoms with Gasteiger partial charge in [0.1, 0.15) is 5.01 Å². The summed E-state index contributed by atoms with van der Waals surface area (Å²) in [6.45, 7) is 4.44. The van der Waals surface area contributed by atoms with Crippen LogP contribution >= 0.6 is 11.3 Å². The number of aromatic nitrogens is 1. The van der Waals surface area contributed by atoms with Gasteiger partial charge in [-0.15, -0.1) is 11.3 Å². The average molecular weight is 329 g/mol. The minimum atomic E-state index is 0.570. The third-order valence-electron chi connectivity index (χ3n) is 4.32. The summed E-state index contributed by atoms with van der Waals surface area (Å²) in [6, 6.07) is 21.5. The SMILES string of the molecule is CC(C)c1ccc(C=Cc2nc3c(ccc4ccccc43)s2)cc1. The zero-order valence-corrected chi connectivity index (χ0v) is 14.7. The molecular formula is C22H19NS. The van der Waals surface area contributed by atoms with Gasteiger partial charge < -0.3 is 0 Å². The van der Waals surface area contributed by atoms with Crippen LogP contribution in [0.5, 0.6) is 0 Å². The molecule has 118 valence electrons. The summed E-state index contributed by atoms with van der Waals surface area (Å²) < 4.78 is 1.24. The van der Waals surface area contributed by atoms with E-state index >= 15 is 0 Å². The molecule has 0 fully saturated rings. The Bertz CT molecular complexity index is 1020. The molecule has 0 atom stereocenters. The first-order valence-corrected chi connectivity index (χ1v) is 9.09. The largest absolute Gasteiger partial charge is 0.236 e. The molecule has 1 nitrogen and oxygen atoms in total. The number of nitrogens with zero attached hydrogens (tertiary/aromatic N) is 1. The topological polar surface area (TPSA) is 12.9 Å². The highest BCUT2D eigenvalue weighted by Gasteiger charge is 2.05. The summed E-state index contributed by atoms with van der Waals surface area (Å²) in [5.41, 5.74) is 3.69. The number of hydrogen-bond donors (Lipinski definition) is 0. The first-order valence-electron chi connectivity index (χ1n) is 8.27. The molecule has 1 heterocycles. The Hall–Kier alpha value is -2.45. The molecule has 0 unspecified atom stereocenters. The molecule has 0 spiro atoms. The second kappa shape index (κ2) is 6.21. The lowest BCUT2D eigenvalue weighted by Crippen LogP contribution is -1.85. The fourth-order valence-corrected chi connectivity index (χ4v) is 3.80. The van der Waals surface area contributed by atoms with Crippen molar-refractivity contribution in [1.82, 2.24) is 4.98 Å². The van der Waals surface area contributed by atoms with Gasteiger partial charge in [0, 0.05) is 5.39 Å². The Morgan fingerprint density at radius 2 is 1.67 bits per heavy atom. The molecule has 24 heavy (non-hydrogen) atoms. The molecule has 4 rings (SSSR count). The van der Waals surface area contributed by atoms with Gasteiger partial charge in [-0.2, -0.15) is 0 Å². The molecular weight excluding hydrogens is 310 g/mol. The molecule has 0 saturated carbocycles. The molecule has 0 amide bonds. The second-order valence-corrected chi connectivity index (χ2v) is 7.40. The van der Waals surface area contributed by atoms with Crippen molar-refractivity contribution in [3.63, 3.8) is 0 Å². The van der Waals surface area contributed by atoms with Gasteiger partial charge in [0.25, 0.3) is 0 Å². The second-order valence-electron chi connectivity index (χ2n) is 6.34. The standard InChI is InChI=1S/C22H19NS/c1-15(2)17-10-7-16(8-11-17)9-14-21-23-22-19-6-4-3-5-18(19)12-13-20(22)24-21/h3-15H,1-2H3. The molecule has 0 N–H and O–H groups in total. The number of benzene rings is 3. The van der Waals surface area contributed by atoms with Crippen LogP contribution in [0.25, 0.3) is 33.1 Å². The zero-order valence-electron chi connectivity index (χ0n) is 13.9. The lowest BCUT2D eigenvalue weighted by molar-refractivity contribution is 0.866. The maximum absolute atomic E-state index is 4.83. The first-order chi connectivity index (χ1) is 11.7. The van der Waals surface area contributed by atoms with Crippen molar-refractivity contribution in [1.29, 1.82) is 0 Å². The Morgan fingerprint density at radius 3 is 2.46 bits per heavy atom. The van der Waals surface area contributed by atoms with Gasteiger partial charge in [0.05, 0.1) is 10.2 Å². The van der Waals surface area contributed by atoms with Crippen molar-refractivity contribution in [2.45, 2.75) is 19.8 Å². The van der Waals surface area contributed by atoms with Gasteiger partial charge in [-0.1, -0.05) is 74.5 Å². The summed E-state index contributed by atoms with van der Waals surface area (Å²) in [5, 5.41) is 3.52. The van der Waals surface area contributed by atoms with E-state index in [1.165, 1.54) is 26.6 Å². The van der Waals surface area contributed by atoms with E-state index in [0.717, 1.165) is 10.5 Å². The van der Waals surface area contributed by atoms with E-state index < -0.39 is 0 Å². The van der Waals surface area contributed by atoms with Gasteiger partial charge in [0.2, 0.25) is 0 Å². The molecule has 3 aromatic carbocycles. The number of hydrogen-bond acceptors (Lipinski definition) is 2. The van der Waals surface area contributed by atoms with Crippen molar-refractivity contribution < 1.29 is 0 Å². The van der Waals surface area contributed by atoms with Crippen LogP contribution in [0.15, 0.2) is 60.7 Å². The smallest absolute Gasteiger partial charge is 0.117 e. The summed E-state index contributed by atoms with van der Waals surface area (Å²) in [5.74, 6) is 0.570. The monoisotopic (exact) mass is 329 g/mol. The van der Waals surface area contributed by atoms with E-state index in [9.17, 15) is 0 Å². The minimum absolute atomic E-state index is 0.570. The first kappa shape index (κ1) is 15.1. The van der Waals surface area contributed by atoms with Crippen LogP contribution < -0.4 is 0 Å². The van der Waals surface area contributed by atoms with Crippen LogP contribution in [-0.2, 0) is 0 Å². The number of fused-ring (bicyclic) bond motifs is 3. The van der Waals surface area contributed by atoms with Crippen molar-refractivity contribution in [2.24, 2.45) is 0 Å². The van der Waals surface area contributed by atoms with Crippen molar-refractivity contribution >= 4 is 44.5 Å². The lowest BCUT2D eigenvalue weighted by Gasteiger charge is -2.04. The molecule has 1 aromatic heterocycles. The maximum Gasteiger partial charge on any atom is 0.117 e. The van der Waals surface area contributed by atoms with E-state index in [0.29, 0.717) is 5.92 Å². The van der Waals surface area contributed by atoms with Gasteiger partial charge >= 0.3 is 0 Å². The molecule has 4 aromatic rings. The van der Waals surface area contributed by atoms with Gasteiger partial charge in [-0.3, -0.25) is 0 Å². The molecule has 0 aliphatic rings. The Balaban J connectivity index is 1.68. The highest BCUT2D eigenvalue weighted by atomic mass is 32.1. The molecule has 0 aliphatic heterocycles. The molecule has 0 aliphatic carbocycles. The summed E-state index contributed by atoms with van der Waals surface area (Å²) >= 11 is 1.74. The maximum atomic E-state index is 4.83. The molecule has 0 bridgehead atoms. The van der Waals surface area contributed by atoms with Crippen molar-refractivity contribution in [2.75, 3.05) is 0 Å². The van der Waals surface area contributed by atoms with Gasteiger partial charge in [-0.25, -0.2) is 4.98 Å². The fraction of sp³-hybridized carbons (Fsp3) is 0.136.